The summed E-state index contributed by atoms with van der Waals surface area (Å²) in [6.45, 7) is 0. The molecular formula is C19H16F2INO. The molecular weight excluding hydrogens is 423 g/mol. The van der Waals surface area contributed by atoms with Crippen LogP contribution in [-0.2, 0) is 7.05 Å². The lowest BCUT2D eigenvalue weighted by Crippen LogP contribution is -3.00. The van der Waals surface area contributed by atoms with Crippen LogP contribution in [0.25, 0.3) is 23.1 Å². The molecule has 0 radical (unpaired) electrons. The number of nitrogens with zero attached hydrogens (tertiary/aromatic N) is 1. The van der Waals surface area contributed by atoms with E-state index in [0.717, 1.165) is 16.6 Å². The fourth-order valence-corrected chi connectivity index (χ4v) is 2.58. The molecule has 1 heterocycles. The van der Waals surface area contributed by atoms with Crippen molar-refractivity contribution in [1.82, 2.24) is 0 Å². The second kappa shape index (κ2) is 7.70. The Labute approximate surface area is 156 Å². The average Bonchev–Trinajstić information content (AvgIpc) is 2.54. The number of benzene rings is 2. The number of hydrogen-bond acceptors (Lipinski definition) is 1. The van der Waals surface area contributed by atoms with Crippen molar-refractivity contribution in [3.05, 3.63) is 71.4 Å². The third-order valence-corrected chi connectivity index (χ3v) is 3.79. The van der Waals surface area contributed by atoms with E-state index < -0.39 is 11.6 Å². The Balaban J connectivity index is 0.00000208. The summed E-state index contributed by atoms with van der Waals surface area (Å²) in [7, 11) is 3.20. The molecule has 1 aromatic heterocycles. The van der Waals surface area contributed by atoms with Gasteiger partial charge in [-0.05, 0) is 35.9 Å². The topological polar surface area (TPSA) is 13.1 Å². The summed E-state index contributed by atoms with van der Waals surface area (Å²) in [6.07, 6.45) is 3.50. The van der Waals surface area contributed by atoms with Gasteiger partial charge in [-0.15, -0.1) is 0 Å². The normalized spacial score (nSPS) is 10.8. The fourth-order valence-electron chi connectivity index (χ4n) is 2.58. The molecule has 3 rings (SSSR count). The van der Waals surface area contributed by atoms with Crippen molar-refractivity contribution in [1.29, 1.82) is 0 Å². The van der Waals surface area contributed by atoms with E-state index in [-0.39, 0.29) is 29.7 Å². The van der Waals surface area contributed by atoms with E-state index in [1.807, 2.05) is 54.1 Å². The van der Waals surface area contributed by atoms with Gasteiger partial charge >= 0.3 is 0 Å². The molecule has 24 heavy (non-hydrogen) atoms. The molecule has 0 unspecified atom stereocenters. The third-order valence-electron chi connectivity index (χ3n) is 3.79. The Hall–Kier alpha value is -2.02. The van der Waals surface area contributed by atoms with E-state index in [2.05, 4.69) is 4.74 Å². The van der Waals surface area contributed by atoms with Gasteiger partial charge < -0.3 is 28.7 Å². The van der Waals surface area contributed by atoms with Crippen molar-refractivity contribution in [2.24, 2.45) is 7.05 Å². The minimum Gasteiger partial charge on any atom is -1.00 e. The lowest BCUT2D eigenvalue weighted by atomic mass is 10.1. The molecule has 0 bridgehead atoms. The van der Waals surface area contributed by atoms with Crippen molar-refractivity contribution in [2.45, 2.75) is 0 Å². The first-order valence-electron chi connectivity index (χ1n) is 7.19. The van der Waals surface area contributed by atoms with Crippen LogP contribution in [0.5, 0.6) is 5.75 Å². The lowest BCUT2D eigenvalue weighted by molar-refractivity contribution is -0.646. The average molecular weight is 439 g/mol. The summed E-state index contributed by atoms with van der Waals surface area (Å²) in [5.74, 6) is -1.79. The van der Waals surface area contributed by atoms with Crippen LogP contribution in [0, 0.1) is 11.6 Å². The maximum absolute atomic E-state index is 13.7. The van der Waals surface area contributed by atoms with Gasteiger partial charge in [-0.1, -0.05) is 12.1 Å². The number of pyridine rings is 1. The molecule has 0 spiro atoms. The van der Waals surface area contributed by atoms with E-state index in [1.165, 1.54) is 19.2 Å². The molecule has 0 amide bonds. The predicted octanol–water partition coefficient (Wildman–Crippen LogP) is 1.13. The number of halogens is 3. The number of fused-ring (bicyclic) bond motifs is 1. The molecule has 0 aliphatic rings. The summed E-state index contributed by atoms with van der Waals surface area (Å²) >= 11 is 0. The molecule has 0 fully saturated rings. The van der Waals surface area contributed by atoms with Crippen molar-refractivity contribution in [3.8, 4) is 5.75 Å². The first kappa shape index (κ1) is 18.3. The summed E-state index contributed by atoms with van der Waals surface area (Å²) in [6, 6.07) is 14.5. The SMILES string of the molecule is COc1c(F)cc(/C=C/c2ccc3ccccc3[n+]2C)cc1F.[I-]. The number of aryl methyl sites for hydroxylation is 1. The minimum atomic E-state index is -0.713. The molecule has 124 valence electrons. The van der Waals surface area contributed by atoms with Crippen LogP contribution in [0.2, 0.25) is 0 Å². The number of methoxy groups -OCH3 is 1. The largest absolute Gasteiger partial charge is 1.00 e. The van der Waals surface area contributed by atoms with Gasteiger partial charge in [-0.25, -0.2) is 8.78 Å². The highest BCUT2D eigenvalue weighted by Gasteiger charge is 2.11. The van der Waals surface area contributed by atoms with Crippen LogP contribution < -0.4 is 33.3 Å². The van der Waals surface area contributed by atoms with E-state index in [0.29, 0.717) is 5.56 Å². The second-order valence-corrected chi connectivity index (χ2v) is 5.23. The molecule has 2 nitrogen and oxygen atoms in total. The maximum atomic E-state index is 13.7. The molecule has 5 heteroatoms. The van der Waals surface area contributed by atoms with Gasteiger partial charge in [-0.3, -0.25) is 0 Å². The summed E-state index contributed by atoms with van der Waals surface area (Å²) < 4.78 is 34.2. The first-order valence-corrected chi connectivity index (χ1v) is 7.19. The molecule has 0 saturated carbocycles. The molecule has 0 N–H and O–H groups in total. The Morgan fingerprint density at radius 3 is 2.29 bits per heavy atom. The van der Waals surface area contributed by atoms with Gasteiger partial charge in [0.25, 0.3) is 0 Å². The Bertz CT molecular complexity index is 886. The summed E-state index contributed by atoms with van der Waals surface area (Å²) in [5.41, 5.74) is 2.45. The molecule has 0 aliphatic heterocycles. The number of aromatic nitrogens is 1. The minimum absolute atomic E-state index is 0. The van der Waals surface area contributed by atoms with Crippen LogP contribution in [0.3, 0.4) is 0 Å². The maximum Gasteiger partial charge on any atom is 0.212 e. The molecule has 0 atom stereocenters. The zero-order valence-electron chi connectivity index (χ0n) is 13.3. The highest BCUT2D eigenvalue weighted by atomic mass is 127. The van der Waals surface area contributed by atoms with Crippen LogP contribution >= 0.6 is 0 Å². The first-order chi connectivity index (χ1) is 11.1. The summed E-state index contributed by atoms with van der Waals surface area (Å²) in [5, 5.41) is 1.13. The standard InChI is InChI=1S/C19H16F2NO.HI/c1-22-15(10-8-14-5-3-4-6-18(14)22)9-7-13-11-16(20)19(23-2)17(21)12-13;/h3-12H,1-2H3;1H/q+1;/p-1/b9-7+;. The van der Waals surface area contributed by atoms with Gasteiger partial charge in [0.2, 0.25) is 11.2 Å². The van der Waals surface area contributed by atoms with Crippen molar-refractivity contribution in [3.63, 3.8) is 0 Å². The van der Waals surface area contributed by atoms with Crippen LogP contribution in [-0.4, -0.2) is 7.11 Å². The third kappa shape index (κ3) is 3.56. The molecule has 0 aliphatic carbocycles. The lowest BCUT2D eigenvalue weighted by Gasteiger charge is -2.04. The summed E-state index contributed by atoms with van der Waals surface area (Å²) in [4.78, 5) is 0. The molecule has 3 aromatic rings. The molecule has 2 aromatic carbocycles. The Morgan fingerprint density at radius 1 is 0.958 bits per heavy atom. The monoisotopic (exact) mass is 439 g/mol. The highest BCUT2D eigenvalue weighted by Crippen LogP contribution is 2.23. The smallest absolute Gasteiger partial charge is 0.212 e. The number of hydrogen-bond donors (Lipinski definition) is 0. The van der Waals surface area contributed by atoms with E-state index in [9.17, 15) is 8.78 Å². The van der Waals surface area contributed by atoms with Crippen molar-refractivity contribution >= 4 is 23.1 Å². The van der Waals surface area contributed by atoms with E-state index in [4.69, 9.17) is 0 Å². The van der Waals surface area contributed by atoms with Gasteiger partial charge in [0.15, 0.2) is 17.4 Å². The van der Waals surface area contributed by atoms with Gasteiger partial charge in [0, 0.05) is 23.6 Å². The number of para-hydroxylation sites is 1. The van der Waals surface area contributed by atoms with E-state index in [1.54, 1.807) is 6.08 Å². The van der Waals surface area contributed by atoms with E-state index >= 15 is 0 Å². The fraction of sp³-hybridized carbons (Fsp3) is 0.105. The zero-order chi connectivity index (χ0) is 16.4. The Kier molecular flexibility index (Phi) is 5.88. The highest BCUT2D eigenvalue weighted by molar-refractivity contribution is 5.77. The second-order valence-electron chi connectivity index (χ2n) is 5.23. The quantitative estimate of drug-likeness (QED) is 0.441. The van der Waals surface area contributed by atoms with Crippen molar-refractivity contribution < 1.29 is 42.1 Å². The zero-order valence-corrected chi connectivity index (χ0v) is 15.4. The van der Waals surface area contributed by atoms with Crippen LogP contribution in [0.15, 0.2) is 48.5 Å². The Morgan fingerprint density at radius 2 is 1.62 bits per heavy atom. The molecule has 0 saturated heterocycles. The van der Waals surface area contributed by atoms with Crippen LogP contribution in [0.1, 0.15) is 11.3 Å². The van der Waals surface area contributed by atoms with Gasteiger partial charge in [0.05, 0.1) is 7.11 Å². The van der Waals surface area contributed by atoms with Crippen molar-refractivity contribution in [2.75, 3.05) is 7.11 Å². The predicted molar refractivity (Wildman–Crippen MR) is 87.0 cm³/mol. The van der Waals surface area contributed by atoms with Gasteiger partial charge in [-0.2, -0.15) is 4.57 Å². The number of ether oxygens (including phenoxy) is 1. The van der Waals surface area contributed by atoms with Gasteiger partial charge in [0.1, 0.15) is 7.05 Å². The number of rotatable bonds is 3. The van der Waals surface area contributed by atoms with Crippen LogP contribution in [0.4, 0.5) is 8.78 Å².